The highest BCUT2D eigenvalue weighted by molar-refractivity contribution is 7.91. The average Bonchev–Trinajstić information content (AvgIpc) is 2.85. The van der Waals surface area contributed by atoms with E-state index in [1.165, 1.54) is 0 Å². The van der Waals surface area contributed by atoms with Crippen LogP contribution in [0.3, 0.4) is 0 Å². The molecule has 5 nitrogen and oxygen atoms in total. The van der Waals surface area contributed by atoms with Crippen LogP contribution in [-0.4, -0.2) is 36.8 Å². The number of aromatic nitrogens is 2. The minimum absolute atomic E-state index is 0.0571. The van der Waals surface area contributed by atoms with Crippen molar-refractivity contribution in [3.8, 4) is 0 Å². The summed E-state index contributed by atoms with van der Waals surface area (Å²) >= 11 is 6.24. The number of rotatable bonds is 4. The van der Waals surface area contributed by atoms with Crippen LogP contribution >= 0.6 is 11.6 Å². The zero-order valence-electron chi connectivity index (χ0n) is 11.4. The van der Waals surface area contributed by atoms with E-state index in [9.17, 15) is 8.42 Å². The Morgan fingerprint density at radius 1 is 1.53 bits per heavy atom. The van der Waals surface area contributed by atoms with E-state index in [-0.39, 0.29) is 29.5 Å². The lowest BCUT2D eigenvalue weighted by Crippen LogP contribution is -2.29. The van der Waals surface area contributed by atoms with Gasteiger partial charge in [-0.2, -0.15) is 5.10 Å². The van der Waals surface area contributed by atoms with Crippen LogP contribution in [0, 0.1) is 5.92 Å². The molecule has 19 heavy (non-hydrogen) atoms. The van der Waals surface area contributed by atoms with E-state index in [2.05, 4.69) is 10.4 Å². The molecule has 0 aromatic carbocycles. The fraction of sp³-hybridized carbons (Fsp3) is 0.750. The van der Waals surface area contributed by atoms with E-state index in [4.69, 9.17) is 11.6 Å². The molecule has 2 atom stereocenters. The van der Waals surface area contributed by atoms with Gasteiger partial charge in [-0.1, -0.05) is 11.6 Å². The molecule has 2 rings (SSSR count). The van der Waals surface area contributed by atoms with Crippen molar-refractivity contribution in [2.24, 2.45) is 5.92 Å². The molecule has 0 spiro atoms. The predicted octanol–water partition coefficient (Wildman–Crippen LogP) is 1.81. The molecule has 108 valence electrons. The molecular formula is C12H20ClN3O2S. The van der Waals surface area contributed by atoms with Gasteiger partial charge in [-0.3, -0.25) is 4.68 Å². The van der Waals surface area contributed by atoms with Crippen molar-refractivity contribution in [1.29, 1.82) is 0 Å². The second kappa shape index (κ2) is 5.42. The number of halogens is 1. The molecule has 0 aliphatic carbocycles. The van der Waals surface area contributed by atoms with E-state index < -0.39 is 9.84 Å². The zero-order chi connectivity index (χ0) is 14.2. The van der Waals surface area contributed by atoms with Crippen LogP contribution in [0.25, 0.3) is 0 Å². The Labute approximate surface area is 119 Å². The highest BCUT2D eigenvalue weighted by Gasteiger charge is 2.36. The quantitative estimate of drug-likeness (QED) is 0.921. The monoisotopic (exact) mass is 305 g/mol. The van der Waals surface area contributed by atoms with Gasteiger partial charge in [-0.05, 0) is 33.2 Å². The predicted molar refractivity (Wildman–Crippen MR) is 76.2 cm³/mol. The first kappa shape index (κ1) is 14.8. The van der Waals surface area contributed by atoms with Gasteiger partial charge in [0.1, 0.15) is 0 Å². The smallest absolute Gasteiger partial charge is 0.150 e. The number of nitrogens with zero attached hydrogens (tertiary/aromatic N) is 2. The molecular weight excluding hydrogens is 286 g/mol. The van der Waals surface area contributed by atoms with Crippen LogP contribution in [0.2, 0.25) is 5.02 Å². The number of hydrogen-bond acceptors (Lipinski definition) is 4. The third kappa shape index (κ3) is 2.95. The summed E-state index contributed by atoms with van der Waals surface area (Å²) in [5.41, 5.74) is 0.890. The van der Waals surface area contributed by atoms with Gasteiger partial charge >= 0.3 is 0 Å². The first-order valence-corrected chi connectivity index (χ1v) is 8.66. The average molecular weight is 306 g/mol. The number of hydrogen-bond donors (Lipinski definition) is 1. The molecule has 1 aromatic rings. The van der Waals surface area contributed by atoms with Crippen molar-refractivity contribution in [2.45, 2.75) is 32.4 Å². The van der Waals surface area contributed by atoms with Crippen molar-refractivity contribution in [3.05, 3.63) is 16.9 Å². The third-order valence-corrected chi connectivity index (χ3v) is 5.71. The number of sulfone groups is 1. The Balaban J connectivity index is 2.35. The van der Waals surface area contributed by atoms with Gasteiger partial charge in [0, 0.05) is 6.04 Å². The fourth-order valence-corrected chi connectivity index (χ4v) is 4.82. The summed E-state index contributed by atoms with van der Waals surface area (Å²) in [5.74, 6) is 0.545. The normalized spacial score (nSPS) is 23.9. The molecule has 0 bridgehead atoms. The summed E-state index contributed by atoms with van der Waals surface area (Å²) < 4.78 is 25.2. The van der Waals surface area contributed by atoms with E-state index in [0.29, 0.717) is 11.4 Å². The van der Waals surface area contributed by atoms with E-state index >= 15 is 0 Å². The maximum Gasteiger partial charge on any atom is 0.150 e. The van der Waals surface area contributed by atoms with Crippen LogP contribution in [0.5, 0.6) is 0 Å². The van der Waals surface area contributed by atoms with Gasteiger partial charge in [0.15, 0.2) is 9.84 Å². The molecule has 0 amide bonds. The van der Waals surface area contributed by atoms with Crippen molar-refractivity contribution in [3.63, 3.8) is 0 Å². The summed E-state index contributed by atoms with van der Waals surface area (Å²) in [7, 11) is -1.06. The molecule has 1 saturated heterocycles. The summed E-state index contributed by atoms with van der Waals surface area (Å²) in [6.45, 7) is 4.07. The first-order valence-electron chi connectivity index (χ1n) is 6.46. The van der Waals surface area contributed by atoms with Crippen LogP contribution in [0.4, 0.5) is 0 Å². The Bertz CT molecular complexity index is 553. The van der Waals surface area contributed by atoms with Crippen molar-refractivity contribution in [1.82, 2.24) is 15.1 Å². The fourth-order valence-electron chi connectivity index (χ4n) is 2.74. The van der Waals surface area contributed by atoms with Gasteiger partial charge in [0.2, 0.25) is 0 Å². The minimum Gasteiger partial charge on any atom is -0.311 e. The first-order chi connectivity index (χ1) is 8.85. The summed E-state index contributed by atoms with van der Waals surface area (Å²) in [6.07, 6.45) is 2.30. The van der Waals surface area contributed by atoms with Crippen molar-refractivity contribution < 1.29 is 8.42 Å². The number of nitrogens with one attached hydrogen (secondary N) is 1. The molecule has 1 aliphatic heterocycles. The molecule has 1 aliphatic rings. The highest BCUT2D eigenvalue weighted by atomic mass is 35.5. The van der Waals surface area contributed by atoms with Crippen LogP contribution in [-0.2, 0) is 9.84 Å². The van der Waals surface area contributed by atoms with Gasteiger partial charge in [-0.15, -0.1) is 0 Å². The Hall–Kier alpha value is -0.590. The van der Waals surface area contributed by atoms with Gasteiger partial charge in [0.25, 0.3) is 0 Å². The van der Waals surface area contributed by atoms with Crippen LogP contribution in [0.15, 0.2) is 6.20 Å². The molecule has 2 heterocycles. The summed E-state index contributed by atoms with van der Waals surface area (Å²) in [4.78, 5) is 0. The molecule has 0 radical (unpaired) electrons. The Kier molecular flexibility index (Phi) is 4.23. The van der Waals surface area contributed by atoms with Crippen molar-refractivity contribution >= 4 is 21.4 Å². The standard InChI is InChI=1S/C12H20ClN3O2S/c1-8(2)16-12(10(13)6-15-16)11(14-3)9-4-5-19(17,18)7-9/h6,8-9,11,14H,4-5,7H2,1-3H3. The Morgan fingerprint density at radius 2 is 2.21 bits per heavy atom. The summed E-state index contributed by atoms with van der Waals surface area (Å²) in [6, 6.07) is 0.117. The van der Waals surface area contributed by atoms with Gasteiger partial charge in [-0.25, -0.2) is 8.42 Å². The molecule has 7 heteroatoms. The maximum atomic E-state index is 11.7. The maximum absolute atomic E-state index is 11.7. The van der Waals surface area contributed by atoms with Crippen LogP contribution in [0.1, 0.15) is 38.0 Å². The topological polar surface area (TPSA) is 64.0 Å². The third-order valence-electron chi connectivity index (χ3n) is 3.62. The van der Waals surface area contributed by atoms with E-state index in [1.807, 2.05) is 25.6 Å². The van der Waals surface area contributed by atoms with Gasteiger partial charge in [0.05, 0.1) is 34.5 Å². The second-order valence-corrected chi connectivity index (χ2v) is 7.98. The Morgan fingerprint density at radius 3 is 2.68 bits per heavy atom. The zero-order valence-corrected chi connectivity index (χ0v) is 13.0. The lowest BCUT2D eigenvalue weighted by atomic mass is 9.96. The van der Waals surface area contributed by atoms with Gasteiger partial charge < -0.3 is 5.32 Å². The molecule has 1 fully saturated rings. The lowest BCUT2D eigenvalue weighted by Gasteiger charge is -2.25. The van der Waals surface area contributed by atoms with E-state index in [0.717, 1.165) is 5.69 Å². The largest absolute Gasteiger partial charge is 0.311 e. The second-order valence-electron chi connectivity index (χ2n) is 5.35. The minimum atomic E-state index is -2.90. The highest BCUT2D eigenvalue weighted by Crippen LogP contribution is 2.35. The lowest BCUT2D eigenvalue weighted by molar-refractivity contribution is 0.375. The SMILES string of the molecule is CNC(c1c(Cl)cnn1C(C)C)C1CCS(=O)(=O)C1. The molecule has 1 aromatic heterocycles. The van der Waals surface area contributed by atoms with E-state index in [1.54, 1.807) is 6.20 Å². The molecule has 2 unspecified atom stereocenters. The molecule has 1 N–H and O–H groups in total. The van der Waals surface area contributed by atoms with Crippen molar-refractivity contribution in [2.75, 3.05) is 18.6 Å². The molecule has 0 saturated carbocycles. The van der Waals surface area contributed by atoms with Crippen LogP contribution < -0.4 is 5.32 Å². The summed E-state index contributed by atoms with van der Waals surface area (Å²) in [5, 5.41) is 8.09.